The number of methoxy groups -OCH3 is 1. The van der Waals surface area contributed by atoms with Gasteiger partial charge in [0.1, 0.15) is 5.82 Å². The molecule has 4 nitrogen and oxygen atoms in total. The molecule has 0 unspecified atom stereocenters. The summed E-state index contributed by atoms with van der Waals surface area (Å²) in [5.41, 5.74) is 0. The first kappa shape index (κ1) is 13.4. The van der Waals surface area contributed by atoms with Gasteiger partial charge in [-0.25, -0.2) is 17.6 Å². The largest absolute Gasteiger partial charge is 0.466 e. The summed E-state index contributed by atoms with van der Waals surface area (Å²) in [6.07, 6.45) is 2.21. The maximum Gasteiger partial charge on any atom is 0.330 e. The zero-order valence-corrected chi connectivity index (χ0v) is 9.91. The minimum absolute atomic E-state index is 0.00779. The van der Waals surface area contributed by atoms with E-state index in [4.69, 9.17) is 0 Å². The Morgan fingerprint density at radius 2 is 1.94 bits per heavy atom. The van der Waals surface area contributed by atoms with E-state index in [1.165, 1.54) is 25.3 Å². The number of benzene rings is 1. The fourth-order valence-corrected chi connectivity index (χ4v) is 2.17. The highest BCUT2D eigenvalue weighted by atomic mass is 32.2. The molecule has 0 heterocycles. The van der Waals surface area contributed by atoms with E-state index < -0.39 is 21.6 Å². The van der Waals surface area contributed by atoms with Crippen LogP contribution in [0.25, 0.3) is 0 Å². The molecular formula is C11H11FO4S. The van der Waals surface area contributed by atoms with Crippen LogP contribution in [-0.2, 0) is 19.4 Å². The van der Waals surface area contributed by atoms with Gasteiger partial charge in [0.05, 0.1) is 17.8 Å². The van der Waals surface area contributed by atoms with Gasteiger partial charge in [-0.1, -0.05) is 6.08 Å². The lowest BCUT2D eigenvalue weighted by Crippen LogP contribution is -2.05. The second-order valence-corrected chi connectivity index (χ2v) is 5.20. The van der Waals surface area contributed by atoms with Crippen LogP contribution in [0.2, 0.25) is 0 Å². The number of hydrogen-bond donors (Lipinski definition) is 0. The lowest BCUT2D eigenvalue weighted by atomic mass is 10.4. The molecule has 0 fully saturated rings. The van der Waals surface area contributed by atoms with Gasteiger partial charge >= 0.3 is 5.97 Å². The van der Waals surface area contributed by atoms with Gasteiger partial charge < -0.3 is 4.74 Å². The predicted molar refractivity (Wildman–Crippen MR) is 59.6 cm³/mol. The maximum absolute atomic E-state index is 12.6. The second kappa shape index (κ2) is 5.58. The molecule has 0 N–H and O–H groups in total. The average Bonchev–Trinajstić information content (AvgIpc) is 2.29. The Balaban J connectivity index is 2.79. The summed E-state index contributed by atoms with van der Waals surface area (Å²) in [6, 6.07) is 4.49. The van der Waals surface area contributed by atoms with Crippen molar-refractivity contribution < 1.29 is 22.3 Å². The molecule has 92 valence electrons. The molecule has 0 spiro atoms. The lowest BCUT2D eigenvalue weighted by Gasteiger charge is -2.00. The van der Waals surface area contributed by atoms with Crippen LogP contribution in [0.1, 0.15) is 0 Å². The van der Waals surface area contributed by atoms with Crippen LogP contribution in [0, 0.1) is 5.82 Å². The van der Waals surface area contributed by atoms with Crippen molar-refractivity contribution in [3.8, 4) is 0 Å². The fourth-order valence-electron chi connectivity index (χ4n) is 1.08. The number of carbonyl (C=O) groups excluding carboxylic acids is 1. The molecule has 0 aliphatic heterocycles. The first-order valence-electron chi connectivity index (χ1n) is 4.68. The number of hydrogen-bond acceptors (Lipinski definition) is 4. The number of rotatable bonds is 4. The van der Waals surface area contributed by atoms with Crippen molar-refractivity contribution >= 4 is 15.8 Å². The predicted octanol–water partition coefficient (Wildman–Crippen LogP) is 1.33. The van der Waals surface area contributed by atoms with Gasteiger partial charge in [-0.3, -0.25) is 0 Å². The van der Waals surface area contributed by atoms with Gasteiger partial charge in [-0.05, 0) is 24.3 Å². The highest BCUT2D eigenvalue weighted by molar-refractivity contribution is 7.91. The summed E-state index contributed by atoms with van der Waals surface area (Å²) in [4.78, 5) is 10.7. The van der Waals surface area contributed by atoms with Gasteiger partial charge in [0, 0.05) is 6.08 Å². The number of halogens is 1. The Bertz CT molecular complexity index is 517. The minimum Gasteiger partial charge on any atom is -0.466 e. The molecule has 0 aliphatic rings. The zero-order chi connectivity index (χ0) is 12.9. The molecule has 17 heavy (non-hydrogen) atoms. The van der Waals surface area contributed by atoms with E-state index in [1.807, 2.05) is 0 Å². The molecule has 0 aliphatic carbocycles. The Morgan fingerprint density at radius 1 is 1.35 bits per heavy atom. The van der Waals surface area contributed by atoms with Crippen molar-refractivity contribution in [2.45, 2.75) is 4.90 Å². The molecule has 6 heteroatoms. The van der Waals surface area contributed by atoms with Gasteiger partial charge in [-0.2, -0.15) is 0 Å². The molecule has 1 rings (SSSR count). The monoisotopic (exact) mass is 258 g/mol. The molecule has 1 aromatic carbocycles. The smallest absolute Gasteiger partial charge is 0.330 e. The maximum atomic E-state index is 12.6. The van der Waals surface area contributed by atoms with Gasteiger partial charge in [0.2, 0.25) is 0 Å². The van der Waals surface area contributed by atoms with Crippen molar-refractivity contribution in [2.24, 2.45) is 0 Å². The number of ether oxygens (including phenoxy) is 1. The minimum atomic E-state index is -3.54. The van der Waals surface area contributed by atoms with Crippen LogP contribution < -0.4 is 0 Å². The van der Waals surface area contributed by atoms with E-state index in [0.717, 1.165) is 18.2 Å². The third-order valence-electron chi connectivity index (χ3n) is 1.94. The molecule has 0 aromatic heterocycles. The molecule has 0 amide bonds. The van der Waals surface area contributed by atoms with Gasteiger partial charge in [-0.15, -0.1) is 0 Å². The summed E-state index contributed by atoms with van der Waals surface area (Å²) in [7, 11) is -2.35. The van der Waals surface area contributed by atoms with E-state index in [2.05, 4.69) is 4.74 Å². The molecule has 0 radical (unpaired) electrons. The molecular weight excluding hydrogens is 247 g/mol. The summed E-state index contributed by atoms with van der Waals surface area (Å²) in [6.45, 7) is 0. The van der Waals surface area contributed by atoms with Crippen LogP contribution in [0.5, 0.6) is 0 Å². The summed E-state index contributed by atoms with van der Waals surface area (Å²) in [5.74, 6) is -1.47. The zero-order valence-electron chi connectivity index (χ0n) is 9.09. The van der Waals surface area contributed by atoms with Crippen LogP contribution in [-0.4, -0.2) is 27.2 Å². The Morgan fingerprint density at radius 3 is 2.47 bits per heavy atom. The number of sulfone groups is 1. The third-order valence-corrected chi connectivity index (χ3v) is 3.57. The van der Waals surface area contributed by atoms with Crippen LogP contribution >= 0.6 is 0 Å². The second-order valence-electron chi connectivity index (χ2n) is 3.16. The first-order valence-corrected chi connectivity index (χ1v) is 6.34. The van der Waals surface area contributed by atoms with E-state index in [1.54, 1.807) is 0 Å². The van der Waals surface area contributed by atoms with Crippen molar-refractivity contribution in [2.75, 3.05) is 12.9 Å². The quantitative estimate of drug-likeness (QED) is 0.464. The Hall–Kier alpha value is -1.69. The van der Waals surface area contributed by atoms with Gasteiger partial charge in [0.25, 0.3) is 0 Å². The molecule has 0 saturated carbocycles. The highest BCUT2D eigenvalue weighted by Crippen LogP contribution is 2.11. The average molecular weight is 258 g/mol. The van der Waals surface area contributed by atoms with Crippen molar-refractivity contribution in [1.29, 1.82) is 0 Å². The van der Waals surface area contributed by atoms with Crippen molar-refractivity contribution in [3.63, 3.8) is 0 Å². The van der Waals surface area contributed by atoms with E-state index >= 15 is 0 Å². The highest BCUT2D eigenvalue weighted by Gasteiger charge is 2.12. The van der Waals surface area contributed by atoms with E-state index in [-0.39, 0.29) is 10.6 Å². The third kappa shape index (κ3) is 3.99. The first-order chi connectivity index (χ1) is 7.95. The van der Waals surface area contributed by atoms with E-state index in [9.17, 15) is 17.6 Å². The standard InChI is InChI=1S/C11H11FO4S/c1-16-11(13)3-2-8-17(14,15)10-6-4-9(12)5-7-10/h2-7H,8H2,1H3/b3-2+. The number of esters is 1. The molecule has 0 atom stereocenters. The van der Waals surface area contributed by atoms with Gasteiger partial charge in [0.15, 0.2) is 9.84 Å². The Labute approximate surface area is 98.6 Å². The summed E-state index contributed by atoms with van der Waals surface area (Å²) in [5, 5.41) is 0. The number of carbonyl (C=O) groups is 1. The molecule has 0 saturated heterocycles. The van der Waals surface area contributed by atoms with Crippen molar-refractivity contribution in [1.82, 2.24) is 0 Å². The lowest BCUT2D eigenvalue weighted by molar-refractivity contribution is -0.134. The topological polar surface area (TPSA) is 60.4 Å². The SMILES string of the molecule is COC(=O)/C=C/CS(=O)(=O)c1ccc(F)cc1. The molecule has 0 bridgehead atoms. The summed E-state index contributed by atoms with van der Waals surface area (Å²) >= 11 is 0. The molecule has 1 aromatic rings. The van der Waals surface area contributed by atoms with Crippen molar-refractivity contribution in [3.05, 3.63) is 42.2 Å². The van der Waals surface area contributed by atoms with Crippen LogP contribution in [0.3, 0.4) is 0 Å². The van der Waals surface area contributed by atoms with E-state index in [0.29, 0.717) is 0 Å². The Kier molecular flexibility index (Phi) is 4.39. The van der Waals surface area contributed by atoms with Crippen LogP contribution in [0.4, 0.5) is 4.39 Å². The fraction of sp³-hybridized carbons (Fsp3) is 0.182. The van der Waals surface area contributed by atoms with Crippen LogP contribution in [0.15, 0.2) is 41.3 Å². The normalized spacial score (nSPS) is 11.6. The summed E-state index contributed by atoms with van der Waals surface area (Å²) < 4.78 is 40.3.